The zero-order chi connectivity index (χ0) is 19.3. The molecule has 0 radical (unpaired) electrons. The highest BCUT2D eigenvalue weighted by Gasteiger charge is 2.20. The fourth-order valence-electron chi connectivity index (χ4n) is 2.89. The van der Waals surface area contributed by atoms with E-state index in [-0.39, 0.29) is 25.4 Å². The molecule has 0 aliphatic heterocycles. The zero-order valence-electron chi connectivity index (χ0n) is 15.7. The lowest BCUT2D eigenvalue weighted by molar-refractivity contribution is -0.120. The number of rotatable bonds is 7. The van der Waals surface area contributed by atoms with Crippen molar-refractivity contribution >= 4 is 21.6 Å². The van der Waals surface area contributed by atoms with E-state index < -0.39 is 10.0 Å². The third-order valence-corrected chi connectivity index (χ3v) is 5.38. The molecule has 1 amide bonds. The van der Waals surface area contributed by atoms with Crippen molar-refractivity contribution < 1.29 is 13.2 Å². The molecule has 0 atom stereocenters. The molecule has 0 bridgehead atoms. The molecule has 2 rings (SSSR count). The molecule has 1 N–H and O–H groups in total. The average molecular weight is 375 g/mol. The van der Waals surface area contributed by atoms with Gasteiger partial charge in [-0.1, -0.05) is 48.0 Å². The second kappa shape index (κ2) is 8.36. The van der Waals surface area contributed by atoms with E-state index in [0.717, 1.165) is 22.3 Å². The van der Waals surface area contributed by atoms with Crippen molar-refractivity contribution in [3.05, 3.63) is 64.7 Å². The van der Waals surface area contributed by atoms with E-state index in [1.165, 1.54) is 10.6 Å². The molecule has 26 heavy (non-hydrogen) atoms. The van der Waals surface area contributed by atoms with Crippen LogP contribution in [0.2, 0.25) is 0 Å². The van der Waals surface area contributed by atoms with Crippen LogP contribution in [0, 0.1) is 20.8 Å². The fourth-order valence-corrected chi connectivity index (χ4v) is 3.94. The number of sulfonamides is 1. The maximum absolute atomic E-state index is 12.2. The molecule has 0 aliphatic carbocycles. The first-order valence-electron chi connectivity index (χ1n) is 8.54. The van der Waals surface area contributed by atoms with Gasteiger partial charge in [-0.05, 0) is 37.5 Å². The van der Waals surface area contributed by atoms with Crippen molar-refractivity contribution in [2.24, 2.45) is 0 Å². The molecule has 0 saturated heterocycles. The summed E-state index contributed by atoms with van der Waals surface area (Å²) in [6.07, 6.45) is 1.47. The molecular weight excluding hydrogens is 348 g/mol. The van der Waals surface area contributed by atoms with Gasteiger partial charge in [0.15, 0.2) is 0 Å². The standard InChI is InChI=1S/C20H26N2O3S/c1-15-8-10-18(11-9-15)14-19(23)21-12-13-22(26(4,24)25)20-16(2)6-5-7-17(20)3/h5-11H,12-14H2,1-4H3,(H,21,23). The molecular formula is C20H26N2O3S. The van der Waals surface area contributed by atoms with E-state index in [1.54, 1.807) is 0 Å². The largest absolute Gasteiger partial charge is 0.354 e. The van der Waals surface area contributed by atoms with E-state index in [0.29, 0.717) is 5.69 Å². The Morgan fingerprint density at radius 1 is 1.00 bits per heavy atom. The number of para-hydroxylation sites is 1. The monoisotopic (exact) mass is 374 g/mol. The number of nitrogens with one attached hydrogen (secondary N) is 1. The van der Waals surface area contributed by atoms with E-state index >= 15 is 0 Å². The molecule has 6 heteroatoms. The van der Waals surface area contributed by atoms with Gasteiger partial charge in [0.1, 0.15) is 0 Å². The molecule has 2 aromatic carbocycles. The Morgan fingerprint density at radius 2 is 1.58 bits per heavy atom. The first-order chi connectivity index (χ1) is 12.2. The Balaban J connectivity index is 2.02. The molecule has 0 aliphatic rings. The lowest BCUT2D eigenvalue weighted by atomic mass is 10.1. The number of hydrogen-bond acceptors (Lipinski definition) is 3. The van der Waals surface area contributed by atoms with Gasteiger partial charge in [-0.2, -0.15) is 0 Å². The van der Waals surface area contributed by atoms with Gasteiger partial charge in [-0.15, -0.1) is 0 Å². The SMILES string of the molecule is Cc1ccc(CC(=O)NCCN(c2c(C)cccc2C)S(C)(=O)=O)cc1. The predicted octanol–water partition coefficient (Wildman–Crippen LogP) is 2.74. The van der Waals surface area contributed by atoms with Gasteiger partial charge >= 0.3 is 0 Å². The smallest absolute Gasteiger partial charge is 0.232 e. The van der Waals surface area contributed by atoms with Gasteiger partial charge in [0.25, 0.3) is 0 Å². The van der Waals surface area contributed by atoms with Gasteiger partial charge in [-0.25, -0.2) is 8.42 Å². The van der Waals surface area contributed by atoms with Crippen molar-refractivity contribution in [3.63, 3.8) is 0 Å². The van der Waals surface area contributed by atoms with Crippen LogP contribution in [-0.4, -0.2) is 33.7 Å². The average Bonchev–Trinajstić information content (AvgIpc) is 2.54. The molecule has 5 nitrogen and oxygen atoms in total. The summed E-state index contributed by atoms with van der Waals surface area (Å²) < 4.78 is 25.9. The summed E-state index contributed by atoms with van der Waals surface area (Å²) in [5, 5.41) is 2.81. The molecule has 0 spiro atoms. The Kier molecular flexibility index (Phi) is 6.42. The molecule has 0 aromatic heterocycles. The van der Waals surface area contributed by atoms with Crippen LogP contribution in [0.3, 0.4) is 0 Å². The molecule has 0 unspecified atom stereocenters. The molecule has 0 fully saturated rings. The molecule has 2 aromatic rings. The van der Waals surface area contributed by atoms with Crippen molar-refractivity contribution in [2.45, 2.75) is 27.2 Å². The van der Waals surface area contributed by atoms with Gasteiger partial charge < -0.3 is 5.32 Å². The Morgan fingerprint density at radius 3 is 2.12 bits per heavy atom. The van der Waals surface area contributed by atoms with Crippen LogP contribution in [0.4, 0.5) is 5.69 Å². The maximum Gasteiger partial charge on any atom is 0.232 e. The van der Waals surface area contributed by atoms with Crippen LogP contribution in [-0.2, 0) is 21.2 Å². The Hall–Kier alpha value is -2.34. The lowest BCUT2D eigenvalue weighted by Crippen LogP contribution is -2.39. The summed E-state index contributed by atoms with van der Waals surface area (Å²) in [6.45, 7) is 6.22. The number of carbonyl (C=O) groups excluding carboxylic acids is 1. The van der Waals surface area contributed by atoms with Gasteiger partial charge in [0, 0.05) is 6.54 Å². The van der Waals surface area contributed by atoms with Gasteiger partial charge in [-0.3, -0.25) is 9.10 Å². The number of hydrogen-bond donors (Lipinski definition) is 1. The van der Waals surface area contributed by atoms with Crippen LogP contribution in [0.1, 0.15) is 22.3 Å². The highest BCUT2D eigenvalue weighted by molar-refractivity contribution is 7.92. The molecule has 0 saturated carbocycles. The van der Waals surface area contributed by atoms with Crippen LogP contribution in [0.5, 0.6) is 0 Å². The van der Waals surface area contributed by atoms with Crippen molar-refractivity contribution in [1.82, 2.24) is 5.32 Å². The zero-order valence-corrected chi connectivity index (χ0v) is 16.6. The summed E-state index contributed by atoms with van der Waals surface area (Å²) in [4.78, 5) is 12.1. The van der Waals surface area contributed by atoms with Gasteiger partial charge in [0.05, 0.1) is 24.9 Å². The first kappa shape index (κ1) is 20.0. The fraction of sp³-hybridized carbons (Fsp3) is 0.350. The third kappa shape index (κ3) is 5.33. The second-order valence-corrected chi connectivity index (χ2v) is 8.49. The number of amides is 1. The van der Waals surface area contributed by atoms with Crippen LogP contribution < -0.4 is 9.62 Å². The second-order valence-electron chi connectivity index (χ2n) is 6.59. The van der Waals surface area contributed by atoms with Gasteiger partial charge in [0.2, 0.25) is 15.9 Å². The summed E-state index contributed by atoms with van der Waals surface area (Å²) in [5.41, 5.74) is 4.54. The van der Waals surface area contributed by atoms with Crippen LogP contribution in [0.25, 0.3) is 0 Å². The van der Waals surface area contributed by atoms with E-state index in [2.05, 4.69) is 5.32 Å². The summed E-state index contributed by atoms with van der Waals surface area (Å²) >= 11 is 0. The van der Waals surface area contributed by atoms with Crippen molar-refractivity contribution in [2.75, 3.05) is 23.7 Å². The molecule has 0 heterocycles. The quantitative estimate of drug-likeness (QED) is 0.810. The van der Waals surface area contributed by atoms with Crippen LogP contribution >= 0.6 is 0 Å². The number of nitrogens with zero attached hydrogens (tertiary/aromatic N) is 1. The van der Waals surface area contributed by atoms with E-state index in [4.69, 9.17) is 0 Å². The number of anilines is 1. The minimum atomic E-state index is -3.44. The third-order valence-electron chi connectivity index (χ3n) is 4.21. The maximum atomic E-state index is 12.2. The Labute approximate surface area is 156 Å². The summed E-state index contributed by atoms with van der Waals surface area (Å²) in [5.74, 6) is -0.121. The van der Waals surface area contributed by atoms with E-state index in [9.17, 15) is 13.2 Å². The highest BCUT2D eigenvalue weighted by atomic mass is 32.2. The predicted molar refractivity (Wildman–Crippen MR) is 106 cm³/mol. The normalized spacial score (nSPS) is 11.2. The Bertz CT molecular complexity index is 854. The lowest BCUT2D eigenvalue weighted by Gasteiger charge is -2.26. The highest BCUT2D eigenvalue weighted by Crippen LogP contribution is 2.26. The van der Waals surface area contributed by atoms with Crippen LogP contribution in [0.15, 0.2) is 42.5 Å². The van der Waals surface area contributed by atoms with Crippen molar-refractivity contribution in [1.29, 1.82) is 0 Å². The molecule has 140 valence electrons. The number of benzene rings is 2. The number of carbonyl (C=O) groups is 1. The summed E-state index contributed by atoms with van der Waals surface area (Å²) in [6, 6.07) is 13.5. The van der Waals surface area contributed by atoms with E-state index in [1.807, 2.05) is 63.2 Å². The first-order valence-corrected chi connectivity index (χ1v) is 10.4. The minimum absolute atomic E-state index is 0.121. The number of aryl methyl sites for hydroxylation is 3. The van der Waals surface area contributed by atoms with Crippen molar-refractivity contribution in [3.8, 4) is 0 Å². The minimum Gasteiger partial charge on any atom is -0.354 e. The summed E-state index contributed by atoms with van der Waals surface area (Å²) in [7, 11) is -3.44. The topological polar surface area (TPSA) is 66.5 Å².